The van der Waals surface area contributed by atoms with Gasteiger partial charge in [-0.05, 0) is 19.9 Å². The quantitative estimate of drug-likeness (QED) is 0.254. The van der Waals surface area contributed by atoms with Gasteiger partial charge in [-0.1, -0.05) is 0 Å². The third-order valence-electron chi connectivity index (χ3n) is 8.92. The van der Waals surface area contributed by atoms with Crippen LogP contribution in [0.1, 0.15) is 12.8 Å². The van der Waals surface area contributed by atoms with E-state index in [4.69, 9.17) is 5.73 Å². The Morgan fingerprint density at radius 2 is 1.79 bits per heavy atom. The SMILES string of the molecule is CN1CCN(C(=O)C2(C#N)CCN(C3C(F)CNCC3NC(=O)C3C(N)NN4CC(F)CNC34)CC2)CC1. The van der Waals surface area contributed by atoms with Crippen molar-refractivity contribution in [3.8, 4) is 6.07 Å². The molecular weight excluding hydrogens is 498 g/mol. The molecule has 0 aromatic heterocycles. The average molecular weight is 539 g/mol. The van der Waals surface area contributed by atoms with Crippen LogP contribution in [0.2, 0.25) is 0 Å². The van der Waals surface area contributed by atoms with Crippen LogP contribution in [0.4, 0.5) is 8.78 Å². The Hall–Kier alpha value is -1.99. The van der Waals surface area contributed by atoms with Crippen molar-refractivity contribution >= 4 is 11.8 Å². The third kappa shape index (κ3) is 5.25. The van der Waals surface area contributed by atoms with Crippen LogP contribution in [-0.2, 0) is 9.59 Å². The molecule has 12 nitrogen and oxygen atoms in total. The molecule has 0 aromatic rings. The van der Waals surface area contributed by atoms with Gasteiger partial charge in [0.25, 0.3) is 0 Å². The minimum Gasteiger partial charge on any atom is -0.350 e. The summed E-state index contributed by atoms with van der Waals surface area (Å²) in [5.41, 5.74) is 8.06. The maximum atomic E-state index is 15.4. The molecule has 5 aliphatic rings. The number of nitrogens with one attached hydrogen (secondary N) is 4. The van der Waals surface area contributed by atoms with E-state index in [1.54, 1.807) is 9.91 Å². The number of rotatable bonds is 4. The van der Waals surface area contributed by atoms with E-state index in [0.717, 1.165) is 13.1 Å². The number of carbonyl (C=O) groups excluding carboxylic acids is 2. The minimum atomic E-state index is -1.23. The molecule has 5 fully saturated rings. The van der Waals surface area contributed by atoms with Gasteiger partial charge in [-0.3, -0.25) is 19.8 Å². The number of halogens is 2. The van der Waals surface area contributed by atoms with E-state index in [1.165, 1.54) is 0 Å². The predicted octanol–water partition coefficient (Wildman–Crippen LogP) is -2.85. The normalized spacial score (nSPS) is 38.8. The molecule has 14 heteroatoms. The number of nitrogens with zero attached hydrogens (tertiary/aromatic N) is 5. The Morgan fingerprint density at radius 3 is 2.47 bits per heavy atom. The molecule has 38 heavy (non-hydrogen) atoms. The number of nitriles is 1. The van der Waals surface area contributed by atoms with Crippen LogP contribution in [0, 0.1) is 22.7 Å². The molecule has 5 aliphatic heterocycles. The molecule has 0 aromatic carbocycles. The Labute approximate surface area is 222 Å². The standard InChI is InChI=1S/C24H40F2N10O2/c1-33-6-8-35(9-7-33)23(38)24(14-27)2-4-34(5-3-24)19-16(26)11-29-12-17(19)31-22(37)18-20(28)32-36-13-15(25)10-30-21(18)36/h15-21,29-30,32H,2-13,28H2,1H3,(H,31,37). The molecule has 5 saturated heterocycles. The molecule has 0 aliphatic carbocycles. The van der Waals surface area contributed by atoms with Crippen LogP contribution < -0.4 is 27.1 Å². The number of piperidine rings is 2. The minimum absolute atomic E-state index is 0.123. The second-order valence-electron chi connectivity index (χ2n) is 11.4. The maximum Gasteiger partial charge on any atom is 0.243 e. The van der Waals surface area contributed by atoms with Gasteiger partial charge in [0.2, 0.25) is 11.8 Å². The van der Waals surface area contributed by atoms with Crippen molar-refractivity contribution in [3.63, 3.8) is 0 Å². The lowest BCUT2D eigenvalue weighted by atomic mass is 9.77. The van der Waals surface area contributed by atoms with E-state index < -0.39 is 48.1 Å². The van der Waals surface area contributed by atoms with E-state index in [9.17, 15) is 19.2 Å². The van der Waals surface area contributed by atoms with Crippen LogP contribution in [0.25, 0.3) is 0 Å². The summed E-state index contributed by atoms with van der Waals surface area (Å²) in [6.45, 7) is 4.39. The van der Waals surface area contributed by atoms with Crippen molar-refractivity contribution < 1.29 is 18.4 Å². The zero-order valence-corrected chi connectivity index (χ0v) is 21.9. The molecule has 2 amide bonds. The highest BCUT2D eigenvalue weighted by molar-refractivity contribution is 5.86. The van der Waals surface area contributed by atoms with Gasteiger partial charge >= 0.3 is 0 Å². The fourth-order valence-electron chi connectivity index (χ4n) is 6.64. The van der Waals surface area contributed by atoms with E-state index in [-0.39, 0.29) is 31.4 Å². The molecule has 7 unspecified atom stereocenters. The van der Waals surface area contributed by atoms with Gasteiger partial charge in [-0.15, -0.1) is 0 Å². The summed E-state index contributed by atoms with van der Waals surface area (Å²) in [6.07, 6.45) is -2.77. The van der Waals surface area contributed by atoms with Crippen LogP contribution >= 0.6 is 0 Å². The number of piperazine rings is 1. The average Bonchev–Trinajstić information content (AvgIpc) is 3.24. The molecular formula is C24H40F2N10O2. The first-order valence-corrected chi connectivity index (χ1v) is 13.7. The number of fused-ring (bicyclic) bond motifs is 1. The Balaban J connectivity index is 1.23. The summed E-state index contributed by atoms with van der Waals surface area (Å²) in [7, 11) is 2.01. The molecule has 7 atom stereocenters. The Kier molecular flexibility index (Phi) is 8.16. The van der Waals surface area contributed by atoms with Crippen LogP contribution in [0.3, 0.4) is 0 Å². The monoisotopic (exact) mass is 538 g/mol. The fraction of sp³-hybridized carbons (Fsp3) is 0.875. The second kappa shape index (κ2) is 11.2. The van der Waals surface area contributed by atoms with Gasteiger partial charge in [0.15, 0.2) is 0 Å². The van der Waals surface area contributed by atoms with Gasteiger partial charge in [-0.25, -0.2) is 19.2 Å². The van der Waals surface area contributed by atoms with Crippen molar-refractivity contribution in [2.45, 2.75) is 49.6 Å². The van der Waals surface area contributed by atoms with Gasteiger partial charge in [0, 0.05) is 65.4 Å². The summed E-state index contributed by atoms with van der Waals surface area (Å²) in [5.74, 6) is -1.11. The molecule has 5 heterocycles. The summed E-state index contributed by atoms with van der Waals surface area (Å²) in [4.78, 5) is 32.7. The summed E-state index contributed by atoms with van der Waals surface area (Å²) >= 11 is 0. The molecule has 6 N–H and O–H groups in total. The lowest BCUT2D eigenvalue weighted by Crippen LogP contribution is -2.68. The van der Waals surface area contributed by atoms with E-state index in [0.29, 0.717) is 45.6 Å². The molecule has 212 valence electrons. The Bertz CT molecular complexity index is 920. The zero-order valence-electron chi connectivity index (χ0n) is 21.9. The molecule has 0 spiro atoms. The number of nitrogens with two attached hydrogens (primary N) is 1. The first-order valence-electron chi connectivity index (χ1n) is 13.7. The van der Waals surface area contributed by atoms with E-state index >= 15 is 4.39 Å². The number of hydrogen-bond acceptors (Lipinski definition) is 10. The van der Waals surface area contributed by atoms with E-state index in [1.807, 2.05) is 11.9 Å². The lowest BCUT2D eigenvalue weighted by Gasteiger charge is -2.47. The maximum absolute atomic E-state index is 15.4. The van der Waals surface area contributed by atoms with Gasteiger partial charge in [-0.2, -0.15) is 5.26 Å². The Morgan fingerprint density at radius 1 is 1.08 bits per heavy atom. The summed E-state index contributed by atoms with van der Waals surface area (Å²) < 4.78 is 29.2. The van der Waals surface area contributed by atoms with Crippen LogP contribution in [0.15, 0.2) is 0 Å². The first-order chi connectivity index (χ1) is 18.2. The largest absolute Gasteiger partial charge is 0.350 e. The molecule has 5 rings (SSSR count). The predicted molar refractivity (Wildman–Crippen MR) is 134 cm³/mol. The molecule has 0 saturated carbocycles. The van der Waals surface area contributed by atoms with E-state index in [2.05, 4.69) is 32.3 Å². The lowest BCUT2D eigenvalue weighted by molar-refractivity contribution is -0.143. The number of alkyl halides is 2. The van der Waals surface area contributed by atoms with Gasteiger partial charge < -0.3 is 26.2 Å². The van der Waals surface area contributed by atoms with Crippen molar-refractivity contribution in [1.82, 2.24) is 41.1 Å². The summed E-state index contributed by atoms with van der Waals surface area (Å²) in [5, 5.41) is 20.8. The summed E-state index contributed by atoms with van der Waals surface area (Å²) in [6, 6.07) is 1.20. The van der Waals surface area contributed by atoms with Crippen molar-refractivity contribution in [3.05, 3.63) is 0 Å². The third-order valence-corrected chi connectivity index (χ3v) is 8.92. The number of likely N-dealkylation sites (N-methyl/N-ethyl adjacent to an activating group) is 1. The number of carbonyl (C=O) groups is 2. The van der Waals surface area contributed by atoms with Crippen molar-refractivity contribution in [2.24, 2.45) is 17.1 Å². The molecule has 0 bridgehead atoms. The number of hydrazine groups is 1. The smallest absolute Gasteiger partial charge is 0.243 e. The highest BCUT2D eigenvalue weighted by Crippen LogP contribution is 2.35. The first kappa shape index (κ1) is 27.6. The topological polar surface area (TPSA) is 145 Å². The number of amides is 2. The zero-order chi connectivity index (χ0) is 27.0. The highest BCUT2D eigenvalue weighted by atomic mass is 19.1. The van der Waals surface area contributed by atoms with Gasteiger partial charge in [0.1, 0.15) is 17.8 Å². The molecule has 0 radical (unpaired) electrons. The number of hydrogen-bond donors (Lipinski definition) is 5. The highest BCUT2D eigenvalue weighted by Gasteiger charge is 2.50. The van der Waals surface area contributed by atoms with Crippen molar-refractivity contribution in [2.75, 3.05) is 72.5 Å². The number of likely N-dealkylation sites (tertiary alicyclic amines) is 1. The van der Waals surface area contributed by atoms with Crippen molar-refractivity contribution in [1.29, 1.82) is 5.26 Å². The van der Waals surface area contributed by atoms with Gasteiger partial charge in [0.05, 0.1) is 36.4 Å². The fourth-order valence-corrected chi connectivity index (χ4v) is 6.64. The second-order valence-corrected chi connectivity index (χ2v) is 11.4. The van der Waals surface area contributed by atoms with Crippen LogP contribution in [0.5, 0.6) is 0 Å². The van der Waals surface area contributed by atoms with Crippen LogP contribution in [-0.4, -0.2) is 141 Å².